The number of carbonyl (C=O) groups excluding carboxylic acids is 1. The van der Waals surface area contributed by atoms with Crippen LogP contribution in [0, 0.1) is 0 Å². The lowest BCUT2D eigenvalue weighted by molar-refractivity contribution is -0.121. The van der Waals surface area contributed by atoms with Crippen molar-refractivity contribution in [2.75, 3.05) is 26.1 Å². The molecule has 0 aliphatic heterocycles. The maximum atomic E-state index is 11.9. The lowest BCUT2D eigenvalue weighted by Crippen LogP contribution is -2.25. The molecule has 0 saturated heterocycles. The second-order valence-electron chi connectivity index (χ2n) is 5.20. The van der Waals surface area contributed by atoms with Gasteiger partial charge < -0.3 is 15.0 Å². The van der Waals surface area contributed by atoms with Crippen LogP contribution in [0.15, 0.2) is 30.3 Å². The summed E-state index contributed by atoms with van der Waals surface area (Å²) in [6.07, 6.45) is 1.13. The summed E-state index contributed by atoms with van der Waals surface area (Å²) >= 11 is 0. The molecule has 0 fully saturated rings. The number of hydrogen-bond acceptors (Lipinski definition) is 6. The van der Waals surface area contributed by atoms with Gasteiger partial charge in [0.25, 0.3) is 0 Å². The fraction of sp³-hybridized carbons (Fsp3) is 0.375. The van der Waals surface area contributed by atoms with Gasteiger partial charge in [0.15, 0.2) is 5.82 Å². The number of ether oxygens (including phenoxy) is 1. The molecule has 2 aromatic rings. The zero-order valence-electron chi connectivity index (χ0n) is 13.6. The minimum Gasteiger partial charge on any atom is -0.467 e. The monoisotopic (exact) mass is 315 g/mol. The number of anilines is 1. The first-order valence-electron chi connectivity index (χ1n) is 7.35. The number of methoxy groups -OCH3 is 1. The molecule has 1 amide bonds. The van der Waals surface area contributed by atoms with Crippen molar-refractivity contribution in [1.29, 1.82) is 0 Å². The van der Waals surface area contributed by atoms with Gasteiger partial charge in [0, 0.05) is 20.5 Å². The van der Waals surface area contributed by atoms with Gasteiger partial charge in [0.05, 0.1) is 13.7 Å². The summed E-state index contributed by atoms with van der Waals surface area (Å²) in [6.45, 7) is 0.243. The number of rotatable bonds is 7. The average Bonchev–Trinajstić information content (AvgIpc) is 2.58. The van der Waals surface area contributed by atoms with E-state index in [1.807, 2.05) is 44.4 Å². The maximum Gasteiger partial charge on any atom is 0.321 e. The van der Waals surface area contributed by atoms with Crippen LogP contribution in [0.25, 0.3) is 0 Å². The molecule has 7 heteroatoms. The molecular weight excluding hydrogens is 294 g/mol. The van der Waals surface area contributed by atoms with Gasteiger partial charge in [-0.15, -0.1) is 0 Å². The number of amides is 1. The summed E-state index contributed by atoms with van der Waals surface area (Å²) < 4.78 is 5.06. The molecule has 0 unspecified atom stereocenters. The fourth-order valence-corrected chi connectivity index (χ4v) is 1.93. The van der Waals surface area contributed by atoms with Gasteiger partial charge in [-0.05, 0) is 12.0 Å². The van der Waals surface area contributed by atoms with Crippen LogP contribution in [0.2, 0.25) is 0 Å². The van der Waals surface area contributed by atoms with Gasteiger partial charge in [-0.3, -0.25) is 4.79 Å². The largest absolute Gasteiger partial charge is 0.467 e. The Bertz CT molecular complexity index is 646. The average molecular weight is 315 g/mol. The van der Waals surface area contributed by atoms with Gasteiger partial charge in [-0.2, -0.15) is 15.0 Å². The van der Waals surface area contributed by atoms with Crippen molar-refractivity contribution in [2.24, 2.45) is 0 Å². The molecule has 1 heterocycles. The summed E-state index contributed by atoms with van der Waals surface area (Å²) in [7, 11) is 5.16. The van der Waals surface area contributed by atoms with E-state index in [2.05, 4.69) is 20.3 Å². The first-order valence-corrected chi connectivity index (χ1v) is 7.35. The molecule has 122 valence electrons. The van der Waals surface area contributed by atoms with Crippen molar-refractivity contribution in [1.82, 2.24) is 20.3 Å². The lowest BCUT2D eigenvalue weighted by atomic mass is 10.1. The van der Waals surface area contributed by atoms with Crippen LogP contribution in [0.1, 0.15) is 17.8 Å². The SMILES string of the molecule is COc1nc(CNC(=O)CCc2ccccc2)nc(N(C)C)n1. The molecule has 0 radical (unpaired) electrons. The third-order valence-corrected chi connectivity index (χ3v) is 3.16. The predicted molar refractivity (Wildman–Crippen MR) is 87.3 cm³/mol. The van der Waals surface area contributed by atoms with E-state index in [1.54, 1.807) is 4.90 Å². The first kappa shape index (κ1) is 16.7. The van der Waals surface area contributed by atoms with Crippen LogP contribution in [-0.2, 0) is 17.8 Å². The molecule has 0 aliphatic rings. The Morgan fingerprint density at radius 2 is 1.91 bits per heavy atom. The van der Waals surface area contributed by atoms with E-state index >= 15 is 0 Å². The van der Waals surface area contributed by atoms with E-state index in [-0.39, 0.29) is 18.5 Å². The Morgan fingerprint density at radius 1 is 1.17 bits per heavy atom. The number of aryl methyl sites for hydroxylation is 1. The Hall–Kier alpha value is -2.70. The number of benzene rings is 1. The van der Waals surface area contributed by atoms with Gasteiger partial charge in [0.1, 0.15) is 0 Å². The highest BCUT2D eigenvalue weighted by Crippen LogP contribution is 2.09. The van der Waals surface area contributed by atoms with E-state index in [0.717, 1.165) is 5.56 Å². The Balaban J connectivity index is 1.89. The minimum absolute atomic E-state index is 0.0420. The third kappa shape index (κ3) is 5.21. The smallest absolute Gasteiger partial charge is 0.321 e. The van der Waals surface area contributed by atoms with Crippen molar-refractivity contribution in [3.63, 3.8) is 0 Å². The second-order valence-corrected chi connectivity index (χ2v) is 5.20. The van der Waals surface area contributed by atoms with Crippen LogP contribution < -0.4 is 15.0 Å². The molecule has 1 N–H and O–H groups in total. The fourth-order valence-electron chi connectivity index (χ4n) is 1.93. The Labute approximate surface area is 135 Å². The summed E-state index contributed by atoms with van der Waals surface area (Å²) in [5, 5.41) is 2.82. The normalized spacial score (nSPS) is 10.2. The third-order valence-electron chi connectivity index (χ3n) is 3.16. The molecule has 0 atom stereocenters. The van der Waals surface area contributed by atoms with Crippen LogP contribution in [0.3, 0.4) is 0 Å². The molecule has 0 bridgehead atoms. The zero-order chi connectivity index (χ0) is 16.7. The molecule has 0 spiro atoms. The topological polar surface area (TPSA) is 80.2 Å². The van der Waals surface area contributed by atoms with Crippen molar-refractivity contribution < 1.29 is 9.53 Å². The molecular formula is C16H21N5O2. The van der Waals surface area contributed by atoms with Crippen LogP contribution in [-0.4, -0.2) is 42.1 Å². The van der Waals surface area contributed by atoms with Gasteiger partial charge in [-0.1, -0.05) is 30.3 Å². The number of nitrogens with zero attached hydrogens (tertiary/aromatic N) is 4. The summed E-state index contributed by atoms with van der Waals surface area (Å²) in [5.41, 5.74) is 1.14. The van der Waals surface area contributed by atoms with Gasteiger partial charge >= 0.3 is 6.01 Å². The van der Waals surface area contributed by atoms with Crippen LogP contribution >= 0.6 is 0 Å². The highest BCUT2D eigenvalue weighted by Gasteiger charge is 2.09. The molecule has 7 nitrogen and oxygen atoms in total. The number of hydrogen-bond donors (Lipinski definition) is 1. The van der Waals surface area contributed by atoms with E-state index in [9.17, 15) is 4.79 Å². The molecule has 1 aromatic carbocycles. The Kier molecular flexibility index (Phi) is 5.85. The molecule has 2 rings (SSSR count). The molecule has 1 aromatic heterocycles. The summed E-state index contributed by atoms with van der Waals surface area (Å²) in [5.74, 6) is 0.915. The number of carbonyl (C=O) groups is 1. The van der Waals surface area contributed by atoms with Crippen LogP contribution in [0.4, 0.5) is 5.95 Å². The van der Waals surface area contributed by atoms with Crippen molar-refractivity contribution in [3.8, 4) is 6.01 Å². The van der Waals surface area contributed by atoms with Crippen molar-refractivity contribution >= 4 is 11.9 Å². The Morgan fingerprint density at radius 3 is 2.57 bits per heavy atom. The zero-order valence-corrected chi connectivity index (χ0v) is 13.6. The standard InChI is InChI=1S/C16H21N5O2/c1-21(2)15-18-13(19-16(20-15)23-3)11-17-14(22)10-9-12-7-5-4-6-8-12/h4-8H,9-11H2,1-3H3,(H,17,22). The second kappa shape index (κ2) is 8.07. The first-order chi connectivity index (χ1) is 11.1. The van der Waals surface area contributed by atoms with Crippen molar-refractivity contribution in [3.05, 3.63) is 41.7 Å². The van der Waals surface area contributed by atoms with E-state index in [1.165, 1.54) is 7.11 Å². The molecule has 0 aliphatic carbocycles. The van der Waals surface area contributed by atoms with Crippen LogP contribution in [0.5, 0.6) is 6.01 Å². The minimum atomic E-state index is -0.0420. The summed E-state index contributed by atoms with van der Waals surface area (Å²) in [4.78, 5) is 26.2. The maximum absolute atomic E-state index is 11.9. The van der Waals surface area contributed by atoms with E-state index < -0.39 is 0 Å². The predicted octanol–water partition coefficient (Wildman–Crippen LogP) is 1.20. The number of aromatic nitrogens is 3. The molecule has 23 heavy (non-hydrogen) atoms. The number of nitrogens with one attached hydrogen (secondary N) is 1. The summed E-state index contributed by atoms with van der Waals surface area (Å²) in [6, 6.07) is 10.1. The van der Waals surface area contributed by atoms with Gasteiger partial charge in [0.2, 0.25) is 11.9 Å². The van der Waals surface area contributed by atoms with E-state index in [0.29, 0.717) is 24.6 Å². The quantitative estimate of drug-likeness (QED) is 0.827. The molecule has 0 saturated carbocycles. The highest BCUT2D eigenvalue weighted by molar-refractivity contribution is 5.76. The van der Waals surface area contributed by atoms with E-state index in [4.69, 9.17) is 4.74 Å². The van der Waals surface area contributed by atoms with Crippen molar-refractivity contribution in [2.45, 2.75) is 19.4 Å². The lowest BCUT2D eigenvalue weighted by Gasteiger charge is -2.12. The highest BCUT2D eigenvalue weighted by atomic mass is 16.5. The van der Waals surface area contributed by atoms with Gasteiger partial charge in [-0.25, -0.2) is 0 Å².